The van der Waals surface area contributed by atoms with Crippen molar-refractivity contribution >= 4 is 28.7 Å². The van der Waals surface area contributed by atoms with E-state index in [1.165, 1.54) is 13.2 Å². The van der Waals surface area contributed by atoms with E-state index in [4.69, 9.17) is 16.3 Å². The van der Waals surface area contributed by atoms with Crippen LogP contribution in [0.5, 0.6) is 5.75 Å². The van der Waals surface area contributed by atoms with Gasteiger partial charge in [-0.2, -0.15) is 0 Å². The summed E-state index contributed by atoms with van der Waals surface area (Å²) >= 11 is 6.00. The number of rotatable bonds is 4. The number of halogens is 2. The van der Waals surface area contributed by atoms with Crippen molar-refractivity contribution in [1.29, 1.82) is 0 Å². The molecule has 0 heterocycles. The molecule has 104 valence electrons. The third-order valence-electron chi connectivity index (χ3n) is 2.55. The summed E-state index contributed by atoms with van der Waals surface area (Å²) in [5.41, 5.74) is 0.351. The van der Waals surface area contributed by atoms with Crippen molar-refractivity contribution in [1.82, 2.24) is 0 Å². The monoisotopic (exact) mass is 296 g/mol. The Morgan fingerprint density at radius 2 is 2.05 bits per heavy atom. The summed E-state index contributed by atoms with van der Waals surface area (Å²) in [4.78, 5) is 10.0. The van der Waals surface area contributed by atoms with Crippen LogP contribution in [0.4, 0.5) is 21.5 Å². The van der Waals surface area contributed by atoms with Gasteiger partial charge in [0.25, 0.3) is 5.69 Å². The maximum absolute atomic E-state index is 13.3. The average Bonchev–Trinajstić information content (AvgIpc) is 2.40. The van der Waals surface area contributed by atoms with Crippen molar-refractivity contribution in [2.24, 2.45) is 0 Å². The highest BCUT2D eigenvalue weighted by Gasteiger charge is 2.11. The summed E-state index contributed by atoms with van der Waals surface area (Å²) in [5, 5.41) is 13.9. The van der Waals surface area contributed by atoms with Crippen LogP contribution in [0.25, 0.3) is 0 Å². The molecule has 2 aromatic rings. The Balaban J connectivity index is 2.36. The van der Waals surface area contributed by atoms with E-state index in [1.807, 2.05) is 0 Å². The number of methoxy groups -OCH3 is 1. The average molecular weight is 297 g/mol. The number of benzene rings is 2. The van der Waals surface area contributed by atoms with E-state index in [2.05, 4.69) is 5.32 Å². The highest BCUT2D eigenvalue weighted by atomic mass is 35.5. The molecule has 0 spiro atoms. The van der Waals surface area contributed by atoms with Crippen LogP contribution in [0.1, 0.15) is 0 Å². The Morgan fingerprint density at radius 1 is 1.30 bits per heavy atom. The summed E-state index contributed by atoms with van der Waals surface area (Å²) in [6.45, 7) is 0. The van der Waals surface area contributed by atoms with Crippen LogP contribution in [0, 0.1) is 15.9 Å². The first-order chi connectivity index (χ1) is 9.49. The molecule has 0 atom stereocenters. The standard InChI is InChI=1S/C13H10ClFN2O3/c1-20-11-2-3-12(14)13(7-11)16-9-4-8(15)5-10(6-9)17(18)19/h2-7,16H,1H3. The van der Waals surface area contributed by atoms with Gasteiger partial charge in [0.05, 0.1) is 28.8 Å². The van der Waals surface area contributed by atoms with Crippen LogP contribution in [-0.2, 0) is 0 Å². The second-order valence-corrected chi connectivity index (χ2v) is 4.33. The van der Waals surface area contributed by atoms with E-state index in [0.29, 0.717) is 16.5 Å². The minimum Gasteiger partial charge on any atom is -0.497 e. The van der Waals surface area contributed by atoms with Gasteiger partial charge in [-0.25, -0.2) is 4.39 Å². The molecule has 0 bridgehead atoms. The number of hydrogen-bond donors (Lipinski definition) is 1. The summed E-state index contributed by atoms with van der Waals surface area (Å²) in [6.07, 6.45) is 0. The zero-order valence-electron chi connectivity index (χ0n) is 10.4. The summed E-state index contributed by atoms with van der Waals surface area (Å²) < 4.78 is 18.4. The van der Waals surface area contributed by atoms with E-state index >= 15 is 0 Å². The van der Waals surface area contributed by atoms with Gasteiger partial charge in [-0.1, -0.05) is 11.6 Å². The molecule has 2 rings (SSSR count). The van der Waals surface area contributed by atoms with Crippen LogP contribution in [0.15, 0.2) is 36.4 Å². The lowest BCUT2D eigenvalue weighted by atomic mass is 10.2. The number of nitro benzene ring substituents is 1. The number of non-ortho nitro benzene ring substituents is 1. The normalized spacial score (nSPS) is 10.2. The topological polar surface area (TPSA) is 64.4 Å². The van der Waals surface area contributed by atoms with E-state index in [9.17, 15) is 14.5 Å². The van der Waals surface area contributed by atoms with Crippen LogP contribution in [0.2, 0.25) is 5.02 Å². The molecule has 0 saturated carbocycles. The third-order valence-corrected chi connectivity index (χ3v) is 2.88. The highest BCUT2D eigenvalue weighted by molar-refractivity contribution is 6.33. The van der Waals surface area contributed by atoms with Gasteiger partial charge in [-0.3, -0.25) is 10.1 Å². The SMILES string of the molecule is COc1ccc(Cl)c(Nc2cc(F)cc([N+](=O)[O-])c2)c1. The highest BCUT2D eigenvalue weighted by Crippen LogP contribution is 2.31. The smallest absolute Gasteiger partial charge is 0.274 e. The lowest BCUT2D eigenvalue weighted by Crippen LogP contribution is -1.96. The molecule has 7 heteroatoms. The molecule has 0 aromatic heterocycles. The maximum atomic E-state index is 13.3. The molecule has 1 N–H and O–H groups in total. The van der Waals surface area contributed by atoms with Crippen molar-refractivity contribution in [3.8, 4) is 5.75 Å². The Bertz CT molecular complexity index is 664. The van der Waals surface area contributed by atoms with Gasteiger partial charge >= 0.3 is 0 Å². The summed E-state index contributed by atoms with van der Waals surface area (Å²) in [5.74, 6) is -0.150. The van der Waals surface area contributed by atoms with E-state index in [0.717, 1.165) is 12.1 Å². The predicted molar refractivity (Wildman–Crippen MR) is 74.3 cm³/mol. The largest absolute Gasteiger partial charge is 0.497 e. The Morgan fingerprint density at radius 3 is 2.70 bits per heavy atom. The quantitative estimate of drug-likeness (QED) is 0.680. The number of hydrogen-bond acceptors (Lipinski definition) is 4. The number of nitro groups is 1. The number of nitrogens with zero attached hydrogens (tertiary/aromatic N) is 1. The lowest BCUT2D eigenvalue weighted by Gasteiger charge is -2.10. The van der Waals surface area contributed by atoms with Crippen LogP contribution < -0.4 is 10.1 Å². The molecule has 0 fully saturated rings. The van der Waals surface area contributed by atoms with Gasteiger partial charge in [0.1, 0.15) is 11.6 Å². The van der Waals surface area contributed by atoms with E-state index in [1.54, 1.807) is 18.2 Å². The molecule has 0 aliphatic rings. The van der Waals surface area contributed by atoms with Gasteiger partial charge in [-0.15, -0.1) is 0 Å². The Hall–Kier alpha value is -2.34. The summed E-state index contributed by atoms with van der Waals surface area (Å²) in [6, 6.07) is 8.09. The minimum atomic E-state index is -0.708. The van der Waals surface area contributed by atoms with Gasteiger partial charge in [-0.05, 0) is 18.2 Å². The third kappa shape index (κ3) is 3.16. The molecule has 5 nitrogen and oxygen atoms in total. The van der Waals surface area contributed by atoms with Crippen molar-refractivity contribution < 1.29 is 14.1 Å². The van der Waals surface area contributed by atoms with Crippen LogP contribution in [0.3, 0.4) is 0 Å². The summed E-state index contributed by atoms with van der Waals surface area (Å²) in [7, 11) is 1.50. The van der Waals surface area contributed by atoms with Crippen molar-refractivity contribution in [3.63, 3.8) is 0 Å². The lowest BCUT2D eigenvalue weighted by molar-refractivity contribution is -0.385. The molecule has 0 radical (unpaired) electrons. The molecule has 2 aromatic carbocycles. The molecule has 20 heavy (non-hydrogen) atoms. The Labute approximate surface area is 119 Å². The predicted octanol–water partition coefficient (Wildman–Crippen LogP) is 4.14. The number of nitrogens with one attached hydrogen (secondary N) is 1. The van der Waals surface area contributed by atoms with Gasteiger partial charge < -0.3 is 10.1 Å². The van der Waals surface area contributed by atoms with Gasteiger partial charge in [0.15, 0.2) is 0 Å². The number of ether oxygens (including phenoxy) is 1. The number of anilines is 2. The van der Waals surface area contributed by atoms with Crippen LogP contribution >= 0.6 is 11.6 Å². The van der Waals surface area contributed by atoms with Crippen LogP contribution in [-0.4, -0.2) is 12.0 Å². The van der Waals surface area contributed by atoms with Gasteiger partial charge in [0, 0.05) is 17.8 Å². The fourth-order valence-electron chi connectivity index (χ4n) is 1.63. The molecular formula is C13H10ClFN2O3. The molecule has 0 aliphatic heterocycles. The zero-order valence-corrected chi connectivity index (χ0v) is 11.1. The maximum Gasteiger partial charge on any atom is 0.274 e. The first-order valence-corrected chi connectivity index (χ1v) is 5.93. The molecule has 0 aliphatic carbocycles. The Kier molecular flexibility index (Phi) is 4.05. The minimum absolute atomic E-state index is 0.229. The fourth-order valence-corrected chi connectivity index (χ4v) is 1.80. The van der Waals surface area contributed by atoms with Crippen molar-refractivity contribution in [2.45, 2.75) is 0 Å². The fraction of sp³-hybridized carbons (Fsp3) is 0.0769. The molecule has 0 amide bonds. The van der Waals surface area contributed by atoms with E-state index < -0.39 is 10.7 Å². The zero-order chi connectivity index (χ0) is 14.7. The molecular weight excluding hydrogens is 287 g/mol. The molecule has 0 saturated heterocycles. The second-order valence-electron chi connectivity index (χ2n) is 3.93. The molecule has 0 unspecified atom stereocenters. The van der Waals surface area contributed by atoms with E-state index in [-0.39, 0.29) is 11.4 Å². The first-order valence-electron chi connectivity index (χ1n) is 5.55. The first kappa shape index (κ1) is 14.1. The van der Waals surface area contributed by atoms with Gasteiger partial charge in [0.2, 0.25) is 0 Å². The second kappa shape index (κ2) is 5.75. The van der Waals surface area contributed by atoms with Crippen molar-refractivity contribution in [2.75, 3.05) is 12.4 Å². The van der Waals surface area contributed by atoms with Crippen molar-refractivity contribution in [3.05, 3.63) is 57.4 Å².